The number of aliphatic hydroxyl groups excluding tert-OH is 5. The second kappa shape index (κ2) is 10.5. The minimum Gasteiger partial charge on any atom is -0.484 e. The van der Waals surface area contributed by atoms with Crippen molar-refractivity contribution in [3.05, 3.63) is 39.7 Å². The highest BCUT2D eigenvalue weighted by Crippen LogP contribution is 2.45. The van der Waals surface area contributed by atoms with Crippen molar-refractivity contribution in [2.45, 2.75) is 82.1 Å². The number of fused-ring (bicyclic) bond motifs is 2. The summed E-state index contributed by atoms with van der Waals surface area (Å²) in [5.41, 5.74) is 0.320. The summed E-state index contributed by atoms with van der Waals surface area (Å²) in [5.74, 6) is 1.34. The van der Waals surface area contributed by atoms with Crippen molar-refractivity contribution in [3.63, 3.8) is 0 Å². The first-order valence-electron chi connectivity index (χ1n) is 12.0. The summed E-state index contributed by atoms with van der Waals surface area (Å²) in [6, 6.07) is 4.93. The van der Waals surface area contributed by atoms with Crippen molar-refractivity contribution in [2.75, 3.05) is 13.2 Å². The molecule has 1 saturated carbocycles. The molecule has 2 aliphatic rings. The maximum Gasteiger partial charge on any atom is 0.192 e. The Kier molecular flexibility index (Phi) is 7.82. The molecule has 0 amide bonds. The zero-order valence-corrected chi connectivity index (χ0v) is 19.9. The van der Waals surface area contributed by atoms with Crippen molar-refractivity contribution in [1.82, 2.24) is 0 Å². The van der Waals surface area contributed by atoms with Gasteiger partial charge in [-0.25, -0.2) is 9.78 Å². The standard InChI is InChI=1S/C25H34O10/c1-13-7-17(27)16-8-14-9-22(35-32-12-19(29)24(31)23(30)18(28)11-26)25(2,15-5-3-4-6-15)34-20(14)10-21(16)33-13/h7-8,10,15,18-19,22-24,26,28-31H,3-6,9,11-12H2,1-2H3/t18-,19+,22-,23-,24-,25-/m1/s1. The zero-order valence-electron chi connectivity index (χ0n) is 19.9. The van der Waals surface area contributed by atoms with Gasteiger partial charge in [-0.05, 0) is 38.3 Å². The van der Waals surface area contributed by atoms with Gasteiger partial charge in [-0.15, -0.1) is 0 Å². The van der Waals surface area contributed by atoms with E-state index in [-0.39, 0.29) is 11.3 Å². The highest BCUT2D eigenvalue weighted by Gasteiger charge is 2.49. The third-order valence-electron chi connectivity index (χ3n) is 7.32. The molecule has 2 heterocycles. The summed E-state index contributed by atoms with van der Waals surface area (Å²) >= 11 is 0. The lowest BCUT2D eigenvalue weighted by Gasteiger charge is -2.45. The Hall–Kier alpha value is -2.05. The molecule has 5 N–H and O–H groups in total. The van der Waals surface area contributed by atoms with E-state index < -0.39 is 49.3 Å². The number of benzene rings is 1. The van der Waals surface area contributed by atoms with E-state index in [9.17, 15) is 25.2 Å². The van der Waals surface area contributed by atoms with Gasteiger partial charge in [0.05, 0.1) is 12.0 Å². The van der Waals surface area contributed by atoms with Gasteiger partial charge in [0.15, 0.2) is 5.43 Å². The van der Waals surface area contributed by atoms with E-state index in [2.05, 4.69) is 0 Å². The molecule has 1 aromatic heterocycles. The third kappa shape index (κ3) is 5.24. The summed E-state index contributed by atoms with van der Waals surface area (Å²) in [6.45, 7) is 2.43. The predicted octanol–water partition coefficient (Wildman–Crippen LogP) is 0.738. The molecule has 0 saturated heterocycles. The lowest BCUT2D eigenvalue weighted by molar-refractivity contribution is -0.364. The summed E-state index contributed by atoms with van der Waals surface area (Å²) in [7, 11) is 0. The van der Waals surface area contributed by atoms with E-state index in [1.54, 1.807) is 19.1 Å². The minimum atomic E-state index is -1.75. The maximum absolute atomic E-state index is 12.5. The van der Waals surface area contributed by atoms with Crippen LogP contribution < -0.4 is 10.2 Å². The van der Waals surface area contributed by atoms with Crippen LogP contribution in [0.3, 0.4) is 0 Å². The molecule has 1 fully saturated rings. The maximum atomic E-state index is 12.5. The quantitative estimate of drug-likeness (QED) is 0.249. The molecule has 4 rings (SSSR count). The lowest BCUT2D eigenvalue weighted by atomic mass is 9.78. The second-order valence-electron chi connectivity index (χ2n) is 9.82. The van der Waals surface area contributed by atoms with Crippen molar-refractivity contribution in [2.24, 2.45) is 5.92 Å². The number of rotatable bonds is 9. The van der Waals surface area contributed by atoms with Crippen LogP contribution in [0.15, 0.2) is 27.4 Å². The summed E-state index contributed by atoms with van der Waals surface area (Å²) < 4.78 is 12.3. The number of aryl methyl sites for hydroxylation is 1. The molecular formula is C25H34O10. The Bertz CT molecular complexity index is 1080. The van der Waals surface area contributed by atoms with Gasteiger partial charge in [-0.1, -0.05) is 12.8 Å². The van der Waals surface area contributed by atoms with Crippen molar-refractivity contribution >= 4 is 11.0 Å². The van der Waals surface area contributed by atoms with Crippen LogP contribution in [-0.2, 0) is 16.2 Å². The Morgan fingerprint density at radius 1 is 1.09 bits per heavy atom. The second-order valence-corrected chi connectivity index (χ2v) is 9.82. The van der Waals surface area contributed by atoms with Gasteiger partial charge in [0, 0.05) is 24.5 Å². The normalized spacial score (nSPS) is 26.2. The zero-order chi connectivity index (χ0) is 25.3. The van der Waals surface area contributed by atoms with Crippen LogP contribution in [0.5, 0.6) is 5.75 Å². The van der Waals surface area contributed by atoms with Gasteiger partial charge < -0.3 is 34.7 Å². The van der Waals surface area contributed by atoms with Gasteiger partial charge in [0.2, 0.25) is 0 Å². The SMILES string of the molecule is Cc1cc(=O)c2cc3c(cc2o1)O[C@](C)(C1CCCC1)[C@H](OOC[C@H](O)[C@@H](O)[C@H](O)[C@H](O)CO)C3. The van der Waals surface area contributed by atoms with Crippen LogP contribution >= 0.6 is 0 Å². The summed E-state index contributed by atoms with van der Waals surface area (Å²) in [5, 5.41) is 48.8. The molecule has 1 aromatic carbocycles. The minimum absolute atomic E-state index is 0.148. The van der Waals surface area contributed by atoms with E-state index in [1.165, 1.54) is 6.07 Å². The molecule has 10 heteroatoms. The van der Waals surface area contributed by atoms with Crippen LogP contribution in [0.25, 0.3) is 11.0 Å². The number of hydrogen-bond donors (Lipinski definition) is 5. The first-order chi connectivity index (χ1) is 16.6. The van der Waals surface area contributed by atoms with Gasteiger partial charge >= 0.3 is 0 Å². The van der Waals surface area contributed by atoms with Crippen LogP contribution in [0.1, 0.15) is 43.9 Å². The van der Waals surface area contributed by atoms with Gasteiger partial charge in [0.1, 0.15) is 59.8 Å². The van der Waals surface area contributed by atoms with Gasteiger partial charge in [-0.2, -0.15) is 0 Å². The van der Waals surface area contributed by atoms with Crippen LogP contribution in [0.4, 0.5) is 0 Å². The molecular weight excluding hydrogens is 460 g/mol. The van der Waals surface area contributed by atoms with Gasteiger partial charge in [-0.3, -0.25) is 4.79 Å². The van der Waals surface area contributed by atoms with E-state index in [1.807, 2.05) is 6.92 Å². The molecule has 6 atom stereocenters. The van der Waals surface area contributed by atoms with Crippen LogP contribution in [0.2, 0.25) is 0 Å². The largest absolute Gasteiger partial charge is 0.484 e. The molecule has 10 nitrogen and oxygen atoms in total. The monoisotopic (exact) mass is 494 g/mol. The average molecular weight is 495 g/mol. The highest BCUT2D eigenvalue weighted by atomic mass is 17.2. The lowest BCUT2D eigenvalue weighted by Crippen LogP contribution is -2.55. The molecule has 0 unspecified atom stereocenters. The number of aliphatic hydroxyl groups is 5. The first kappa shape index (κ1) is 26.0. The third-order valence-corrected chi connectivity index (χ3v) is 7.32. The van der Waals surface area contributed by atoms with Crippen LogP contribution in [0, 0.1) is 12.8 Å². The van der Waals surface area contributed by atoms with Crippen molar-refractivity contribution < 1.29 is 44.5 Å². The fourth-order valence-corrected chi connectivity index (χ4v) is 5.14. The smallest absolute Gasteiger partial charge is 0.192 e. The number of hydrogen-bond acceptors (Lipinski definition) is 10. The fourth-order valence-electron chi connectivity index (χ4n) is 5.14. The molecule has 0 spiro atoms. The van der Waals surface area contributed by atoms with E-state index in [0.717, 1.165) is 31.2 Å². The van der Waals surface area contributed by atoms with Gasteiger partial charge in [0.25, 0.3) is 0 Å². The molecule has 1 aliphatic carbocycles. The molecule has 194 valence electrons. The molecule has 0 bridgehead atoms. The van der Waals surface area contributed by atoms with Crippen LogP contribution in [-0.4, -0.2) is 74.9 Å². The van der Waals surface area contributed by atoms with E-state index in [4.69, 9.17) is 24.0 Å². The van der Waals surface area contributed by atoms with Crippen molar-refractivity contribution in [3.8, 4) is 5.75 Å². The summed E-state index contributed by atoms with van der Waals surface area (Å²) in [4.78, 5) is 23.5. The Labute approximate surface area is 202 Å². The predicted molar refractivity (Wildman–Crippen MR) is 124 cm³/mol. The van der Waals surface area contributed by atoms with E-state index >= 15 is 0 Å². The topological polar surface area (TPSA) is 159 Å². The Morgan fingerprint density at radius 3 is 2.46 bits per heavy atom. The van der Waals surface area contributed by atoms with Crippen molar-refractivity contribution in [1.29, 1.82) is 0 Å². The number of ether oxygens (including phenoxy) is 1. The molecule has 35 heavy (non-hydrogen) atoms. The molecule has 2 aromatic rings. The summed E-state index contributed by atoms with van der Waals surface area (Å²) in [6.07, 6.45) is -2.81. The van der Waals surface area contributed by atoms with E-state index in [0.29, 0.717) is 28.9 Å². The Balaban J connectivity index is 1.54. The first-order valence-corrected chi connectivity index (χ1v) is 12.0. The molecule has 1 aliphatic heterocycles. The molecule has 0 radical (unpaired) electrons. The average Bonchev–Trinajstić information content (AvgIpc) is 3.38. The highest BCUT2D eigenvalue weighted by molar-refractivity contribution is 5.79. The Morgan fingerprint density at radius 2 is 1.77 bits per heavy atom. The fraction of sp³-hybridized carbons (Fsp3) is 0.640.